The van der Waals surface area contributed by atoms with Crippen LogP contribution < -0.4 is 0 Å². The Morgan fingerprint density at radius 2 is 1.47 bits per heavy atom. The van der Waals surface area contributed by atoms with Gasteiger partial charge in [0.05, 0.1) is 11.6 Å². The molecule has 0 heterocycles. The summed E-state index contributed by atoms with van der Waals surface area (Å²) < 4.78 is 0. The van der Waals surface area contributed by atoms with Gasteiger partial charge in [-0.05, 0) is 69.5 Å². The minimum absolute atomic E-state index is 0.0587. The first-order valence-corrected chi connectivity index (χ1v) is 11.5. The molecular weight excluding hydrogens is 362 g/mol. The lowest BCUT2D eigenvalue weighted by Crippen LogP contribution is -2.19. The molecule has 0 spiro atoms. The van der Waals surface area contributed by atoms with Gasteiger partial charge in [-0.25, -0.2) is 0 Å². The number of benzene rings is 2. The summed E-state index contributed by atoms with van der Waals surface area (Å²) in [6.45, 7) is 18.2. The van der Waals surface area contributed by atoms with Crippen molar-refractivity contribution in [2.45, 2.75) is 85.5 Å². The molecule has 0 saturated heterocycles. The second-order valence-corrected chi connectivity index (χ2v) is 10.4. The van der Waals surface area contributed by atoms with E-state index in [1.165, 1.54) is 27.8 Å². The summed E-state index contributed by atoms with van der Waals surface area (Å²) in [7, 11) is 0. The lowest BCUT2D eigenvalue weighted by Gasteiger charge is -2.27. The van der Waals surface area contributed by atoms with Crippen molar-refractivity contribution in [3.63, 3.8) is 0 Å². The first-order valence-electron chi connectivity index (χ1n) is 11.5. The van der Waals surface area contributed by atoms with E-state index in [0.717, 1.165) is 30.4 Å². The Hall–Kier alpha value is -2.33. The Bertz CT molecular complexity index is 1020. The fourth-order valence-electron chi connectivity index (χ4n) is 4.51. The van der Waals surface area contributed by atoms with Crippen molar-refractivity contribution in [2.24, 2.45) is 5.41 Å². The molecule has 158 valence electrons. The molecule has 1 aliphatic carbocycles. The van der Waals surface area contributed by atoms with Crippen LogP contribution in [0.25, 0.3) is 16.7 Å². The molecule has 0 bridgehead atoms. The van der Waals surface area contributed by atoms with Crippen LogP contribution in [0.1, 0.15) is 96.9 Å². The van der Waals surface area contributed by atoms with E-state index in [-0.39, 0.29) is 16.2 Å². The molecule has 3 rings (SSSR count). The normalized spacial score (nSPS) is 15.5. The van der Waals surface area contributed by atoms with Crippen molar-refractivity contribution >= 4 is 5.57 Å². The van der Waals surface area contributed by atoms with Crippen LogP contribution in [-0.4, -0.2) is 0 Å². The Kier molecular flexibility index (Phi) is 5.76. The highest BCUT2D eigenvalue weighted by molar-refractivity contribution is 5.85. The zero-order valence-electron chi connectivity index (χ0n) is 20.1. The topological polar surface area (TPSA) is 23.8 Å². The zero-order chi connectivity index (χ0) is 22.3. The van der Waals surface area contributed by atoms with Crippen molar-refractivity contribution in [2.75, 3.05) is 0 Å². The fourth-order valence-corrected chi connectivity index (χ4v) is 4.51. The van der Waals surface area contributed by atoms with Gasteiger partial charge in [-0.3, -0.25) is 0 Å². The predicted molar refractivity (Wildman–Crippen MR) is 130 cm³/mol. The summed E-state index contributed by atoms with van der Waals surface area (Å²) in [4.78, 5) is 0. The average Bonchev–Trinajstić information content (AvgIpc) is 2.98. The molecule has 0 amide bonds. The van der Waals surface area contributed by atoms with Crippen LogP contribution in [0.4, 0.5) is 0 Å². The van der Waals surface area contributed by atoms with Gasteiger partial charge in [-0.2, -0.15) is 5.26 Å². The van der Waals surface area contributed by atoms with E-state index in [9.17, 15) is 5.26 Å². The largest absolute Gasteiger partial charge is 0.192 e. The van der Waals surface area contributed by atoms with Crippen molar-refractivity contribution < 1.29 is 0 Å². The van der Waals surface area contributed by atoms with E-state index in [1.807, 2.05) is 0 Å². The van der Waals surface area contributed by atoms with Crippen molar-refractivity contribution in [3.8, 4) is 17.2 Å². The molecule has 0 aliphatic heterocycles. The maximum Gasteiger partial charge on any atom is 0.0994 e. The van der Waals surface area contributed by atoms with Crippen LogP contribution in [0.15, 0.2) is 42.5 Å². The fraction of sp³-hybridized carbons (Fsp3) is 0.483. The first-order chi connectivity index (χ1) is 14.0. The molecule has 2 aromatic rings. The van der Waals surface area contributed by atoms with Gasteiger partial charge in [-0.1, -0.05) is 91.8 Å². The summed E-state index contributed by atoms with van der Waals surface area (Å²) in [5.74, 6) is 0. The van der Waals surface area contributed by atoms with Crippen LogP contribution >= 0.6 is 0 Å². The van der Waals surface area contributed by atoms with Crippen LogP contribution in [0.5, 0.6) is 0 Å². The second-order valence-electron chi connectivity index (χ2n) is 10.4. The SMILES string of the molecule is CCC(C)(/C=C(\C#N)c1ccc2c(c1)C(C)(C)c1cc(C(C)(C)CC)ccc1-2)CC. The molecule has 0 aromatic heterocycles. The molecule has 0 atom stereocenters. The van der Waals surface area contributed by atoms with Gasteiger partial charge in [0.15, 0.2) is 0 Å². The third kappa shape index (κ3) is 3.62. The Labute approximate surface area is 183 Å². The summed E-state index contributed by atoms with van der Waals surface area (Å²) in [5, 5.41) is 9.92. The summed E-state index contributed by atoms with van der Waals surface area (Å²) in [6.07, 6.45) is 5.37. The Morgan fingerprint density at radius 1 is 0.900 bits per heavy atom. The third-order valence-corrected chi connectivity index (χ3v) is 7.88. The van der Waals surface area contributed by atoms with E-state index in [2.05, 4.69) is 104 Å². The van der Waals surface area contributed by atoms with E-state index in [0.29, 0.717) is 0 Å². The number of nitrogens with zero attached hydrogens (tertiary/aromatic N) is 1. The molecule has 0 fully saturated rings. The lowest BCUT2D eigenvalue weighted by molar-refractivity contribution is 0.397. The minimum atomic E-state index is -0.0696. The van der Waals surface area contributed by atoms with Gasteiger partial charge in [0.1, 0.15) is 0 Å². The highest BCUT2D eigenvalue weighted by atomic mass is 14.4. The number of hydrogen-bond donors (Lipinski definition) is 0. The van der Waals surface area contributed by atoms with Crippen molar-refractivity contribution in [1.82, 2.24) is 0 Å². The van der Waals surface area contributed by atoms with Gasteiger partial charge in [0, 0.05) is 5.41 Å². The van der Waals surface area contributed by atoms with Gasteiger partial charge >= 0.3 is 0 Å². The molecule has 1 aliphatic rings. The molecule has 0 unspecified atom stereocenters. The summed E-state index contributed by atoms with van der Waals surface area (Å²) in [6, 6.07) is 16.1. The van der Waals surface area contributed by atoms with Crippen LogP contribution in [0, 0.1) is 16.7 Å². The molecule has 1 nitrogen and oxygen atoms in total. The molecular formula is C29H37N. The Morgan fingerprint density at radius 3 is 2.00 bits per heavy atom. The number of hydrogen-bond acceptors (Lipinski definition) is 1. The van der Waals surface area contributed by atoms with Gasteiger partial charge in [0.25, 0.3) is 0 Å². The standard InChI is InChI=1S/C29H37N/c1-9-27(4,5)22-13-15-24-23-14-12-20(16-25(23)28(6,7)26(24)17-22)21(19-30)18-29(8,10-2)11-3/h12-18H,9-11H2,1-8H3/b21-18+. The third-order valence-electron chi connectivity index (χ3n) is 7.88. The van der Waals surface area contributed by atoms with Crippen LogP contribution in [-0.2, 0) is 10.8 Å². The summed E-state index contributed by atoms with van der Waals surface area (Å²) >= 11 is 0. The monoisotopic (exact) mass is 399 g/mol. The second kappa shape index (κ2) is 7.73. The molecule has 0 saturated carbocycles. The van der Waals surface area contributed by atoms with Crippen LogP contribution in [0.3, 0.4) is 0 Å². The number of nitriles is 1. The number of rotatable bonds is 6. The minimum Gasteiger partial charge on any atom is -0.192 e. The van der Waals surface area contributed by atoms with Crippen LogP contribution in [0.2, 0.25) is 0 Å². The van der Waals surface area contributed by atoms with Crippen molar-refractivity contribution in [3.05, 3.63) is 64.7 Å². The smallest absolute Gasteiger partial charge is 0.0994 e. The average molecular weight is 400 g/mol. The summed E-state index contributed by atoms with van der Waals surface area (Å²) in [5.41, 5.74) is 8.79. The number of allylic oxidation sites excluding steroid dienone is 2. The zero-order valence-corrected chi connectivity index (χ0v) is 20.1. The molecule has 0 radical (unpaired) electrons. The molecule has 1 heteroatoms. The first kappa shape index (κ1) is 22.4. The van der Waals surface area contributed by atoms with Gasteiger partial charge in [-0.15, -0.1) is 0 Å². The highest BCUT2D eigenvalue weighted by Crippen LogP contribution is 2.50. The quantitative estimate of drug-likeness (QED) is 0.447. The van der Waals surface area contributed by atoms with Crippen molar-refractivity contribution in [1.29, 1.82) is 5.26 Å². The molecule has 0 N–H and O–H groups in total. The number of fused-ring (bicyclic) bond motifs is 3. The molecule has 30 heavy (non-hydrogen) atoms. The van der Waals surface area contributed by atoms with E-state index in [4.69, 9.17) is 0 Å². The van der Waals surface area contributed by atoms with Gasteiger partial charge < -0.3 is 0 Å². The predicted octanol–water partition coefficient (Wildman–Crippen LogP) is 8.41. The lowest BCUT2D eigenvalue weighted by atomic mass is 9.77. The van der Waals surface area contributed by atoms with E-state index >= 15 is 0 Å². The van der Waals surface area contributed by atoms with Gasteiger partial charge in [0.2, 0.25) is 0 Å². The maximum atomic E-state index is 9.92. The molecule has 2 aromatic carbocycles. The Balaban J connectivity index is 2.13. The highest BCUT2D eigenvalue weighted by Gasteiger charge is 2.37. The maximum absolute atomic E-state index is 9.92. The van der Waals surface area contributed by atoms with E-state index < -0.39 is 0 Å². The van der Waals surface area contributed by atoms with E-state index in [1.54, 1.807) is 0 Å².